The van der Waals surface area contributed by atoms with Gasteiger partial charge in [0, 0.05) is 31.4 Å². The van der Waals surface area contributed by atoms with Gasteiger partial charge in [-0.1, -0.05) is 13.8 Å². The van der Waals surface area contributed by atoms with Crippen molar-refractivity contribution in [1.29, 1.82) is 0 Å². The lowest BCUT2D eigenvalue weighted by atomic mass is 9.79. The maximum atomic E-state index is 4.38. The Hall–Kier alpha value is -0.830. The van der Waals surface area contributed by atoms with Crippen molar-refractivity contribution in [3.63, 3.8) is 0 Å². The van der Waals surface area contributed by atoms with Gasteiger partial charge in [-0.25, -0.2) is 0 Å². The molecule has 1 aliphatic rings. The lowest BCUT2D eigenvalue weighted by Gasteiger charge is -2.32. The van der Waals surface area contributed by atoms with E-state index < -0.39 is 0 Å². The second-order valence-corrected chi connectivity index (χ2v) is 5.76. The van der Waals surface area contributed by atoms with Crippen molar-refractivity contribution >= 4 is 0 Å². The summed E-state index contributed by atoms with van der Waals surface area (Å²) in [6.45, 7) is 7.81. The van der Waals surface area contributed by atoms with Crippen LogP contribution in [0.4, 0.5) is 0 Å². The minimum atomic E-state index is 0.695. The van der Waals surface area contributed by atoms with E-state index in [0.717, 1.165) is 24.1 Å². The number of aryl methyl sites for hydroxylation is 2. The van der Waals surface area contributed by atoms with E-state index in [0.29, 0.717) is 6.04 Å². The molecule has 1 saturated carbocycles. The molecule has 3 unspecified atom stereocenters. The summed E-state index contributed by atoms with van der Waals surface area (Å²) in [5.74, 6) is 1.75. The highest BCUT2D eigenvalue weighted by Crippen LogP contribution is 2.29. The number of nitrogens with zero attached hydrogens (tertiary/aromatic N) is 2. The third-order valence-electron chi connectivity index (χ3n) is 4.29. The maximum Gasteiger partial charge on any atom is 0.0638 e. The number of hydrogen-bond donors (Lipinski definition) is 1. The zero-order valence-electron chi connectivity index (χ0n) is 11.5. The van der Waals surface area contributed by atoms with Crippen molar-refractivity contribution in [2.45, 2.75) is 52.6 Å². The van der Waals surface area contributed by atoms with E-state index >= 15 is 0 Å². The molecule has 17 heavy (non-hydrogen) atoms. The van der Waals surface area contributed by atoms with Gasteiger partial charge in [-0.05, 0) is 38.0 Å². The Labute approximate surface area is 105 Å². The molecular formula is C14H25N3. The topological polar surface area (TPSA) is 29.9 Å². The number of hydrogen-bond acceptors (Lipinski definition) is 2. The SMILES string of the molecule is Cc1nn(C)cc1CNC1CCC(C)C(C)C1. The van der Waals surface area contributed by atoms with Crippen molar-refractivity contribution in [1.82, 2.24) is 15.1 Å². The second kappa shape index (κ2) is 5.21. The summed E-state index contributed by atoms with van der Waals surface area (Å²) in [6.07, 6.45) is 6.13. The van der Waals surface area contributed by atoms with E-state index in [4.69, 9.17) is 0 Å². The monoisotopic (exact) mass is 235 g/mol. The average Bonchev–Trinajstić information content (AvgIpc) is 2.59. The molecule has 0 amide bonds. The first-order chi connectivity index (χ1) is 8.06. The molecule has 1 aliphatic carbocycles. The van der Waals surface area contributed by atoms with Gasteiger partial charge in [-0.15, -0.1) is 0 Å². The Morgan fingerprint density at radius 3 is 2.71 bits per heavy atom. The van der Waals surface area contributed by atoms with Gasteiger partial charge >= 0.3 is 0 Å². The highest BCUT2D eigenvalue weighted by molar-refractivity contribution is 5.14. The summed E-state index contributed by atoms with van der Waals surface area (Å²) < 4.78 is 1.90. The summed E-state index contributed by atoms with van der Waals surface area (Å²) in [5.41, 5.74) is 2.48. The fraction of sp³-hybridized carbons (Fsp3) is 0.786. The Bertz CT molecular complexity index is 370. The third kappa shape index (κ3) is 3.09. The van der Waals surface area contributed by atoms with Gasteiger partial charge in [-0.2, -0.15) is 5.10 Å². The maximum absolute atomic E-state index is 4.38. The smallest absolute Gasteiger partial charge is 0.0638 e. The molecule has 3 atom stereocenters. The summed E-state index contributed by atoms with van der Waals surface area (Å²) in [6, 6.07) is 0.695. The van der Waals surface area contributed by atoms with Gasteiger partial charge in [0.15, 0.2) is 0 Å². The van der Waals surface area contributed by atoms with Crippen LogP contribution in [0, 0.1) is 18.8 Å². The van der Waals surface area contributed by atoms with Crippen molar-refractivity contribution in [3.05, 3.63) is 17.5 Å². The molecule has 0 spiro atoms. The Kier molecular flexibility index (Phi) is 3.87. The van der Waals surface area contributed by atoms with Gasteiger partial charge < -0.3 is 5.32 Å². The molecule has 1 N–H and O–H groups in total. The molecule has 0 saturated heterocycles. The van der Waals surface area contributed by atoms with Crippen LogP contribution in [0.1, 0.15) is 44.4 Å². The lowest BCUT2D eigenvalue weighted by molar-refractivity contribution is 0.225. The van der Waals surface area contributed by atoms with Crippen LogP contribution in [0.15, 0.2) is 6.20 Å². The zero-order valence-corrected chi connectivity index (χ0v) is 11.5. The quantitative estimate of drug-likeness (QED) is 0.873. The molecule has 0 bridgehead atoms. The van der Waals surface area contributed by atoms with Crippen LogP contribution in [0.5, 0.6) is 0 Å². The largest absolute Gasteiger partial charge is 0.310 e. The van der Waals surface area contributed by atoms with E-state index in [1.54, 1.807) is 0 Å². The number of nitrogens with one attached hydrogen (secondary N) is 1. The average molecular weight is 235 g/mol. The Morgan fingerprint density at radius 2 is 2.12 bits per heavy atom. The first-order valence-corrected chi connectivity index (χ1v) is 6.78. The van der Waals surface area contributed by atoms with Gasteiger partial charge in [0.1, 0.15) is 0 Å². The first kappa shape index (κ1) is 12.6. The zero-order chi connectivity index (χ0) is 12.4. The fourth-order valence-electron chi connectivity index (χ4n) is 2.81. The Balaban J connectivity index is 1.84. The van der Waals surface area contributed by atoms with Crippen molar-refractivity contribution in [3.8, 4) is 0 Å². The van der Waals surface area contributed by atoms with Crippen molar-refractivity contribution in [2.24, 2.45) is 18.9 Å². The van der Waals surface area contributed by atoms with E-state index in [2.05, 4.69) is 37.4 Å². The minimum Gasteiger partial charge on any atom is -0.310 e. The van der Waals surface area contributed by atoms with Crippen LogP contribution in [-0.2, 0) is 13.6 Å². The van der Waals surface area contributed by atoms with Crippen LogP contribution in [-0.4, -0.2) is 15.8 Å². The molecule has 2 rings (SSSR count). The summed E-state index contributed by atoms with van der Waals surface area (Å²) in [4.78, 5) is 0. The highest BCUT2D eigenvalue weighted by Gasteiger charge is 2.24. The number of aromatic nitrogens is 2. The third-order valence-corrected chi connectivity index (χ3v) is 4.29. The summed E-state index contributed by atoms with van der Waals surface area (Å²) >= 11 is 0. The molecule has 1 heterocycles. The molecule has 0 radical (unpaired) electrons. The van der Waals surface area contributed by atoms with E-state index in [9.17, 15) is 0 Å². The van der Waals surface area contributed by atoms with Gasteiger partial charge in [0.2, 0.25) is 0 Å². The van der Waals surface area contributed by atoms with E-state index in [1.807, 2.05) is 11.7 Å². The van der Waals surface area contributed by atoms with Gasteiger partial charge in [0.25, 0.3) is 0 Å². The second-order valence-electron chi connectivity index (χ2n) is 5.76. The van der Waals surface area contributed by atoms with Crippen LogP contribution in [0.2, 0.25) is 0 Å². The van der Waals surface area contributed by atoms with E-state index in [1.165, 1.54) is 24.8 Å². The van der Waals surface area contributed by atoms with Crippen LogP contribution < -0.4 is 5.32 Å². The molecule has 0 aromatic carbocycles. The molecule has 1 fully saturated rings. The molecule has 3 nitrogen and oxygen atoms in total. The van der Waals surface area contributed by atoms with Crippen molar-refractivity contribution in [2.75, 3.05) is 0 Å². The molecule has 1 aromatic heterocycles. The summed E-state index contributed by atoms with van der Waals surface area (Å²) in [5, 5.41) is 8.07. The normalized spacial score (nSPS) is 29.5. The highest BCUT2D eigenvalue weighted by atomic mass is 15.2. The molecular weight excluding hydrogens is 210 g/mol. The predicted molar refractivity (Wildman–Crippen MR) is 70.8 cm³/mol. The minimum absolute atomic E-state index is 0.695. The van der Waals surface area contributed by atoms with Crippen LogP contribution in [0.3, 0.4) is 0 Å². The van der Waals surface area contributed by atoms with Gasteiger partial charge in [-0.3, -0.25) is 4.68 Å². The molecule has 96 valence electrons. The number of rotatable bonds is 3. The first-order valence-electron chi connectivity index (χ1n) is 6.78. The molecule has 0 aliphatic heterocycles. The summed E-state index contributed by atoms with van der Waals surface area (Å²) in [7, 11) is 1.99. The van der Waals surface area contributed by atoms with Crippen LogP contribution >= 0.6 is 0 Å². The van der Waals surface area contributed by atoms with Crippen LogP contribution in [0.25, 0.3) is 0 Å². The standard InChI is InChI=1S/C14H25N3/c1-10-5-6-14(7-11(10)2)15-8-13-9-17(4)16-12(13)3/h9-11,14-15H,5-8H2,1-4H3. The van der Waals surface area contributed by atoms with Crippen molar-refractivity contribution < 1.29 is 0 Å². The van der Waals surface area contributed by atoms with E-state index in [-0.39, 0.29) is 0 Å². The predicted octanol–water partition coefficient (Wildman–Crippen LogP) is 2.64. The fourth-order valence-corrected chi connectivity index (χ4v) is 2.81. The molecule has 1 aromatic rings. The Morgan fingerprint density at radius 1 is 1.35 bits per heavy atom. The molecule has 3 heteroatoms. The lowest BCUT2D eigenvalue weighted by Crippen LogP contribution is -2.35. The van der Waals surface area contributed by atoms with Gasteiger partial charge in [0.05, 0.1) is 5.69 Å².